The average Bonchev–Trinajstić information content (AvgIpc) is 1.72. The molecular weight excluding hydrogens is 100 g/mol. The van der Waals surface area contributed by atoms with Crippen molar-refractivity contribution in [3.8, 4) is 0 Å². The zero-order chi connectivity index (χ0) is 6.99. The van der Waals surface area contributed by atoms with Gasteiger partial charge >= 0.3 is 0 Å². The molecule has 0 amide bonds. The summed E-state index contributed by atoms with van der Waals surface area (Å²) in [6.07, 6.45) is 1.60. The van der Waals surface area contributed by atoms with Gasteiger partial charge in [0.2, 0.25) is 0 Å². The number of hydrogen-bond acceptors (Lipinski definition) is 2. The Balaban J connectivity index is 0. The van der Waals surface area contributed by atoms with Crippen LogP contribution in [0.15, 0.2) is 30.6 Å². The Kier molecular flexibility index (Phi) is 11.7. The van der Waals surface area contributed by atoms with Crippen molar-refractivity contribution >= 4 is 6.21 Å². The maximum absolute atomic E-state index is 5.01. The molecule has 0 aromatic heterocycles. The molecule has 0 aliphatic heterocycles. The van der Waals surface area contributed by atoms with E-state index in [0.29, 0.717) is 5.82 Å². The summed E-state index contributed by atoms with van der Waals surface area (Å²) in [5, 5.41) is 0. The highest BCUT2D eigenvalue weighted by Gasteiger charge is 1.63. The van der Waals surface area contributed by atoms with Crippen molar-refractivity contribution in [2.45, 2.75) is 6.92 Å². The molecule has 46 valence electrons. The molecule has 2 heteroatoms. The lowest BCUT2D eigenvalue weighted by molar-refractivity contribution is 1.27. The highest BCUT2D eigenvalue weighted by molar-refractivity contribution is 5.54. The number of nitrogens with two attached hydrogens (primary N) is 1. The van der Waals surface area contributed by atoms with Crippen molar-refractivity contribution in [3.63, 3.8) is 0 Å². The Morgan fingerprint density at radius 3 is 2.00 bits per heavy atom. The first-order chi connectivity index (χ1) is 3.77. The largest absolute Gasteiger partial charge is 0.384 e. The van der Waals surface area contributed by atoms with Crippen LogP contribution in [0.4, 0.5) is 0 Å². The lowest BCUT2D eigenvalue weighted by atomic mass is 10.8. The fraction of sp³-hybridized carbons (Fsp3) is 0.167. The highest BCUT2D eigenvalue weighted by Crippen LogP contribution is 1.71. The fourth-order valence-corrected chi connectivity index (χ4v) is 0.166. The van der Waals surface area contributed by atoms with Crippen molar-refractivity contribution in [3.05, 3.63) is 25.6 Å². The second-order valence-corrected chi connectivity index (χ2v) is 0.879. The fourth-order valence-electron chi connectivity index (χ4n) is 0.166. The monoisotopic (exact) mass is 112 g/mol. The van der Waals surface area contributed by atoms with Crippen LogP contribution in [-0.2, 0) is 0 Å². The van der Waals surface area contributed by atoms with Crippen LogP contribution in [0.1, 0.15) is 6.92 Å². The minimum absolute atomic E-state index is 0.359. The summed E-state index contributed by atoms with van der Waals surface area (Å²) >= 11 is 0. The SMILES string of the molecule is C=C.C=C(N)/N=C\C. The first-order valence-corrected chi connectivity index (χ1v) is 2.20. The summed E-state index contributed by atoms with van der Waals surface area (Å²) in [5.41, 5.74) is 5.01. The van der Waals surface area contributed by atoms with E-state index in [0.717, 1.165) is 0 Å². The van der Waals surface area contributed by atoms with Gasteiger partial charge in [-0.1, -0.05) is 6.58 Å². The maximum atomic E-state index is 5.01. The van der Waals surface area contributed by atoms with E-state index in [1.54, 1.807) is 13.1 Å². The molecule has 0 heterocycles. The molecule has 0 rings (SSSR count). The van der Waals surface area contributed by atoms with E-state index in [1.807, 2.05) is 0 Å². The molecule has 2 N–H and O–H groups in total. The Bertz CT molecular complexity index is 84.5. The molecule has 0 fully saturated rings. The van der Waals surface area contributed by atoms with Gasteiger partial charge in [-0.05, 0) is 6.92 Å². The summed E-state index contributed by atoms with van der Waals surface area (Å²) < 4.78 is 0. The molecule has 2 nitrogen and oxygen atoms in total. The first-order valence-electron chi connectivity index (χ1n) is 2.20. The summed E-state index contributed by atoms with van der Waals surface area (Å²) in [6, 6.07) is 0. The third-order valence-corrected chi connectivity index (χ3v) is 0.295. The van der Waals surface area contributed by atoms with Gasteiger partial charge in [0.1, 0.15) is 5.82 Å². The zero-order valence-corrected chi connectivity index (χ0v) is 5.22. The topological polar surface area (TPSA) is 38.4 Å². The van der Waals surface area contributed by atoms with E-state index < -0.39 is 0 Å². The number of rotatable bonds is 1. The summed E-state index contributed by atoms with van der Waals surface area (Å²) in [6.45, 7) is 11.1. The third-order valence-electron chi connectivity index (χ3n) is 0.295. The second kappa shape index (κ2) is 9.34. The summed E-state index contributed by atoms with van der Waals surface area (Å²) in [7, 11) is 0. The molecule has 0 radical (unpaired) electrons. The molecule has 0 saturated carbocycles. The van der Waals surface area contributed by atoms with Gasteiger partial charge in [-0.2, -0.15) is 0 Å². The van der Waals surface area contributed by atoms with Gasteiger partial charge in [0.15, 0.2) is 0 Å². The van der Waals surface area contributed by atoms with E-state index in [4.69, 9.17) is 5.73 Å². The quantitative estimate of drug-likeness (QED) is 0.403. The molecule has 0 bridgehead atoms. The van der Waals surface area contributed by atoms with Crippen molar-refractivity contribution in [1.29, 1.82) is 0 Å². The summed E-state index contributed by atoms with van der Waals surface area (Å²) in [5.74, 6) is 0.359. The first kappa shape index (κ1) is 10.0. The zero-order valence-electron chi connectivity index (χ0n) is 5.22. The molecule has 0 unspecified atom stereocenters. The van der Waals surface area contributed by atoms with Crippen LogP contribution in [0.2, 0.25) is 0 Å². The minimum Gasteiger partial charge on any atom is -0.384 e. The Morgan fingerprint density at radius 2 is 2.00 bits per heavy atom. The third kappa shape index (κ3) is 20.3. The molecular formula is C6H12N2. The van der Waals surface area contributed by atoms with Crippen LogP contribution in [-0.4, -0.2) is 6.21 Å². The van der Waals surface area contributed by atoms with Crippen molar-refractivity contribution in [2.24, 2.45) is 10.7 Å². The van der Waals surface area contributed by atoms with Gasteiger partial charge in [0, 0.05) is 6.21 Å². The van der Waals surface area contributed by atoms with E-state index in [-0.39, 0.29) is 0 Å². The van der Waals surface area contributed by atoms with Crippen LogP contribution in [0.3, 0.4) is 0 Å². The van der Waals surface area contributed by atoms with Crippen molar-refractivity contribution in [1.82, 2.24) is 0 Å². The van der Waals surface area contributed by atoms with Gasteiger partial charge in [-0.25, -0.2) is 4.99 Å². The number of nitrogens with zero attached hydrogens (tertiary/aromatic N) is 1. The van der Waals surface area contributed by atoms with Crippen LogP contribution < -0.4 is 5.73 Å². The molecule has 0 saturated heterocycles. The van der Waals surface area contributed by atoms with E-state index >= 15 is 0 Å². The number of hydrogen-bond donors (Lipinski definition) is 1. The molecule has 0 aliphatic carbocycles. The Hall–Kier alpha value is -1.05. The van der Waals surface area contributed by atoms with Crippen LogP contribution in [0.5, 0.6) is 0 Å². The average molecular weight is 112 g/mol. The van der Waals surface area contributed by atoms with E-state index in [2.05, 4.69) is 24.7 Å². The Morgan fingerprint density at radius 1 is 1.62 bits per heavy atom. The molecule has 0 aromatic rings. The summed E-state index contributed by atoms with van der Waals surface area (Å²) in [4.78, 5) is 3.58. The van der Waals surface area contributed by atoms with Gasteiger partial charge in [-0.15, -0.1) is 13.2 Å². The van der Waals surface area contributed by atoms with Crippen LogP contribution in [0.25, 0.3) is 0 Å². The highest BCUT2D eigenvalue weighted by atomic mass is 14.9. The van der Waals surface area contributed by atoms with Crippen molar-refractivity contribution < 1.29 is 0 Å². The van der Waals surface area contributed by atoms with Gasteiger partial charge in [0.05, 0.1) is 0 Å². The molecule has 0 atom stereocenters. The maximum Gasteiger partial charge on any atom is 0.115 e. The van der Waals surface area contributed by atoms with Crippen LogP contribution >= 0.6 is 0 Å². The van der Waals surface area contributed by atoms with Gasteiger partial charge in [0.25, 0.3) is 0 Å². The predicted octanol–water partition coefficient (Wildman–Crippen LogP) is 1.31. The Labute approximate surface area is 50.4 Å². The second-order valence-electron chi connectivity index (χ2n) is 0.879. The number of aliphatic imine (C=N–C) groups is 1. The standard InChI is InChI=1S/C4H8N2.C2H4/c1-3-6-4(2)5;1-2/h3H,2,5H2,1H3;1-2H2/b6-3-;. The molecule has 8 heavy (non-hydrogen) atoms. The van der Waals surface area contributed by atoms with E-state index in [1.165, 1.54) is 0 Å². The lowest BCUT2D eigenvalue weighted by Gasteiger charge is -1.78. The van der Waals surface area contributed by atoms with Gasteiger partial charge in [-0.3, -0.25) is 0 Å². The predicted molar refractivity (Wildman–Crippen MR) is 38.7 cm³/mol. The lowest BCUT2D eigenvalue weighted by Crippen LogP contribution is -1.88. The molecule has 0 spiro atoms. The smallest absolute Gasteiger partial charge is 0.115 e. The van der Waals surface area contributed by atoms with Crippen molar-refractivity contribution in [2.75, 3.05) is 0 Å². The molecule has 0 aromatic carbocycles. The normalized spacial score (nSPS) is 7.62. The van der Waals surface area contributed by atoms with Gasteiger partial charge < -0.3 is 5.73 Å². The van der Waals surface area contributed by atoms with E-state index in [9.17, 15) is 0 Å². The van der Waals surface area contributed by atoms with Crippen LogP contribution in [0, 0.1) is 0 Å². The minimum atomic E-state index is 0.359. The molecule has 0 aliphatic rings.